The highest BCUT2D eigenvalue weighted by atomic mass is 14.8. The number of benzene rings is 2. The molecule has 0 aliphatic rings. The van der Waals surface area contributed by atoms with Gasteiger partial charge in [0.2, 0.25) is 0 Å². The molecule has 0 amide bonds. The highest BCUT2D eigenvalue weighted by Gasteiger charge is 2.08. The van der Waals surface area contributed by atoms with Crippen molar-refractivity contribution in [3.05, 3.63) is 72.8 Å². The molecular formula is C30H42N2. The molecule has 0 radical (unpaired) electrons. The van der Waals surface area contributed by atoms with Crippen LogP contribution in [0.25, 0.3) is 0 Å². The summed E-state index contributed by atoms with van der Waals surface area (Å²) < 4.78 is 0. The second-order valence-corrected chi connectivity index (χ2v) is 8.50. The third-order valence-corrected chi connectivity index (χ3v) is 5.59. The van der Waals surface area contributed by atoms with Gasteiger partial charge in [-0.05, 0) is 56.0 Å². The van der Waals surface area contributed by atoms with Gasteiger partial charge in [-0.15, -0.1) is 0 Å². The zero-order chi connectivity index (χ0) is 22.7. The fourth-order valence-electron chi connectivity index (χ4n) is 3.70. The van der Waals surface area contributed by atoms with Gasteiger partial charge in [0.15, 0.2) is 0 Å². The lowest BCUT2D eigenvalue weighted by Crippen LogP contribution is -2.12. The highest BCUT2D eigenvalue weighted by molar-refractivity contribution is 6.47. The molecule has 172 valence electrons. The number of rotatable bonds is 16. The Kier molecular flexibility index (Phi) is 13.8. The van der Waals surface area contributed by atoms with Crippen molar-refractivity contribution in [3.63, 3.8) is 0 Å². The van der Waals surface area contributed by atoms with Crippen LogP contribution in [-0.2, 0) is 0 Å². The van der Waals surface area contributed by atoms with Crippen LogP contribution in [0.1, 0.15) is 90.9 Å². The van der Waals surface area contributed by atoms with E-state index in [1.165, 1.54) is 57.8 Å². The molecule has 0 aliphatic heterocycles. The average molecular weight is 431 g/mol. The van der Waals surface area contributed by atoms with Gasteiger partial charge >= 0.3 is 0 Å². The maximum Gasteiger partial charge on any atom is 0.0848 e. The minimum atomic E-state index is 0.960. The molecule has 0 atom stereocenters. The third kappa shape index (κ3) is 11.2. The van der Waals surface area contributed by atoms with Crippen LogP contribution in [-0.4, -0.2) is 11.4 Å². The van der Waals surface area contributed by atoms with Crippen LogP contribution in [0.15, 0.2) is 82.8 Å². The van der Waals surface area contributed by atoms with Crippen molar-refractivity contribution in [2.45, 2.75) is 90.9 Å². The number of hydrogen-bond donors (Lipinski definition) is 0. The first-order valence-corrected chi connectivity index (χ1v) is 12.8. The van der Waals surface area contributed by atoms with E-state index in [0.717, 1.165) is 42.1 Å². The number of unbranched alkanes of at least 4 members (excludes halogenated alkanes) is 9. The van der Waals surface area contributed by atoms with E-state index in [9.17, 15) is 0 Å². The summed E-state index contributed by atoms with van der Waals surface area (Å²) in [6.07, 6.45) is 19.4. The van der Waals surface area contributed by atoms with Crippen molar-refractivity contribution in [2.75, 3.05) is 0 Å². The number of aliphatic imine (C=N–C) groups is 2. The van der Waals surface area contributed by atoms with Crippen molar-refractivity contribution < 1.29 is 0 Å². The molecule has 0 saturated carbocycles. The lowest BCUT2D eigenvalue weighted by Gasteiger charge is -2.09. The van der Waals surface area contributed by atoms with Gasteiger partial charge in [0.1, 0.15) is 0 Å². The first-order chi connectivity index (χ1) is 15.8. The van der Waals surface area contributed by atoms with Gasteiger partial charge in [-0.1, -0.05) is 108 Å². The normalized spacial score (nSPS) is 12.6. The lowest BCUT2D eigenvalue weighted by molar-refractivity contribution is 0.611. The Morgan fingerprint density at radius 1 is 0.625 bits per heavy atom. The van der Waals surface area contributed by atoms with Crippen LogP contribution in [0.4, 0.5) is 11.4 Å². The van der Waals surface area contributed by atoms with Crippen molar-refractivity contribution in [2.24, 2.45) is 9.98 Å². The maximum atomic E-state index is 5.04. The van der Waals surface area contributed by atoms with Gasteiger partial charge < -0.3 is 0 Å². The molecule has 0 unspecified atom stereocenters. The Hall–Kier alpha value is -2.48. The Morgan fingerprint density at radius 3 is 1.78 bits per heavy atom. The van der Waals surface area contributed by atoms with Crippen molar-refractivity contribution in [3.8, 4) is 0 Å². The topological polar surface area (TPSA) is 24.7 Å². The van der Waals surface area contributed by atoms with E-state index in [-0.39, 0.29) is 0 Å². The molecule has 0 bridgehead atoms. The minimum Gasteiger partial charge on any atom is -0.251 e. The van der Waals surface area contributed by atoms with Gasteiger partial charge in [-0.25, -0.2) is 4.99 Å². The second kappa shape index (κ2) is 17.1. The van der Waals surface area contributed by atoms with Gasteiger partial charge in [0.05, 0.1) is 22.8 Å². The highest BCUT2D eigenvalue weighted by Crippen LogP contribution is 2.18. The van der Waals surface area contributed by atoms with E-state index < -0.39 is 0 Å². The predicted molar refractivity (Wildman–Crippen MR) is 143 cm³/mol. The lowest BCUT2D eigenvalue weighted by atomic mass is 10.0. The van der Waals surface area contributed by atoms with E-state index in [1.807, 2.05) is 24.3 Å². The fraction of sp³-hybridized carbons (Fsp3) is 0.467. The molecule has 0 aliphatic carbocycles. The molecule has 0 fully saturated rings. The summed E-state index contributed by atoms with van der Waals surface area (Å²) in [7, 11) is 0. The molecular weight excluding hydrogens is 388 g/mol. The molecule has 2 heteroatoms. The summed E-state index contributed by atoms with van der Waals surface area (Å²) in [6.45, 7) is 4.53. The van der Waals surface area contributed by atoms with Crippen molar-refractivity contribution in [1.82, 2.24) is 0 Å². The molecule has 2 aromatic carbocycles. The minimum absolute atomic E-state index is 0.960. The van der Waals surface area contributed by atoms with E-state index in [0.29, 0.717) is 0 Å². The second-order valence-electron chi connectivity index (χ2n) is 8.50. The molecule has 2 nitrogen and oxygen atoms in total. The van der Waals surface area contributed by atoms with Gasteiger partial charge in [0.25, 0.3) is 0 Å². The Balaban J connectivity index is 2.17. The first kappa shape index (κ1) is 25.8. The zero-order valence-electron chi connectivity index (χ0n) is 20.3. The smallest absolute Gasteiger partial charge is 0.0848 e. The molecule has 2 aromatic rings. The number of hydrogen-bond acceptors (Lipinski definition) is 2. The van der Waals surface area contributed by atoms with E-state index in [4.69, 9.17) is 9.98 Å². The number of nitrogens with zero attached hydrogens (tertiary/aromatic N) is 2. The number of allylic oxidation sites excluding steroid dienone is 2. The molecule has 0 heterocycles. The summed E-state index contributed by atoms with van der Waals surface area (Å²) in [5, 5.41) is 0. The monoisotopic (exact) mass is 430 g/mol. The van der Waals surface area contributed by atoms with E-state index >= 15 is 0 Å². The Bertz CT molecular complexity index is 803. The van der Waals surface area contributed by atoms with Crippen LogP contribution in [0, 0.1) is 0 Å². The van der Waals surface area contributed by atoms with Crippen LogP contribution < -0.4 is 0 Å². The van der Waals surface area contributed by atoms with Gasteiger partial charge in [0, 0.05) is 0 Å². The van der Waals surface area contributed by atoms with Crippen LogP contribution in [0.3, 0.4) is 0 Å². The molecule has 0 spiro atoms. The zero-order valence-corrected chi connectivity index (χ0v) is 20.3. The van der Waals surface area contributed by atoms with Crippen LogP contribution in [0.5, 0.6) is 0 Å². The summed E-state index contributed by atoms with van der Waals surface area (Å²) in [5.41, 5.74) is 4.09. The molecule has 0 aromatic heterocycles. The van der Waals surface area contributed by atoms with Crippen LogP contribution in [0.2, 0.25) is 0 Å². The third-order valence-electron chi connectivity index (χ3n) is 5.59. The Morgan fingerprint density at radius 2 is 1.16 bits per heavy atom. The predicted octanol–water partition coefficient (Wildman–Crippen LogP) is 9.81. The molecule has 32 heavy (non-hydrogen) atoms. The average Bonchev–Trinajstić information content (AvgIpc) is 2.83. The summed E-state index contributed by atoms with van der Waals surface area (Å²) in [4.78, 5) is 10.0. The van der Waals surface area contributed by atoms with Gasteiger partial charge in [-0.2, -0.15) is 0 Å². The fourth-order valence-corrected chi connectivity index (χ4v) is 3.70. The largest absolute Gasteiger partial charge is 0.251 e. The van der Waals surface area contributed by atoms with Crippen molar-refractivity contribution in [1.29, 1.82) is 0 Å². The molecule has 0 N–H and O–H groups in total. The summed E-state index contributed by atoms with van der Waals surface area (Å²) in [5.74, 6) is 0. The van der Waals surface area contributed by atoms with Crippen LogP contribution >= 0.6 is 0 Å². The summed E-state index contributed by atoms with van der Waals surface area (Å²) in [6, 6.07) is 20.6. The maximum absolute atomic E-state index is 5.04. The van der Waals surface area contributed by atoms with Gasteiger partial charge in [-0.3, -0.25) is 4.99 Å². The van der Waals surface area contributed by atoms with Crippen molar-refractivity contribution >= 4 is 22.8 Å². The summed E-state index contributed by atoms with van der Waals surface area (Å²) >= 11 is 0. The molecule has 0 saturated heterocycles. The molecule has 2 rings (SSSR count). The number of para-hydroxylation sites is 2. The van der Waals surface area contributed by atoms with E-state index in [1.54, 1.807) is 0 Å². The Labute approximate surface area is 196 Å². The van der Waals surface area contributed by atoms with E-state index in [2.05, 4.69) is 62.4 Å². The SMILES string of the molecule is CCCCCCCCC=CC(=Nc1ccccc1)C(CCCCCC)=Nc1ccccc1. The quantitative estimate of drug-likeness (QED) is 0.187. The standard InChI is InChI=1S/C30H42N2/c1-3-5-7-9-10-11-12-20-26-30(32-28-23-17-14-18-24-28)29(25-19-8-6-4-2)31-27-21-15-13-16-22-27/h13-18,20-24,26H,3-12,19,25H2,1-2H3. The first-order valence-electron chi connectivity index (χ1n) is 12.8.